The molecular weight excluding hydrogens is 258 g/mol. The highest BCUT2D eigenvalue weighted by Gasteiger charge is 2.07. The Morgan fingerprint density at radius 3 is 2.40 bits per heavy atom. The number of halogens is 3. The lowest BCUT2D eigenvalue weighted by atomic mass is 10.2. The van der Waals surface area contributed by atoms with Crippen LogP contribution in [0.15, 0.2) is 12.1 Å². The van der Waals surface area contributed by atoms with Crippen molar-refractivity contribution in [1.82, 2.24) is 0 Å². The Kier molecular flexibility index (Phi) is 4.71. The zero-order valence-corrected chi connectivity index (χ0v) is 10.3. The van der Waals surface area contributed by atoms with E-state index in [9.17, 15) is 4.79 Å². The van der Waals surface area contributed by atoms with E-state index in [1.165, 1.54) is 6.07 Å². The van der Waals surface area contributed by atoms with E-state index in [0.717, 1.165) is 0 Å². The molecule has 0 heterocycles. The maximum absolute atomic E-state index is 10.9. The molecule has 5 heteroatoms. The summed E-state index contributed by atoms with van der Waals surface area (Å²) in [6, 6.07) is 3.12. The van der Waals surface area contributed by atoms with Crippen molar-refractivity contribution in [2.45, 2.75) is 20.0 Å². The molecule has 0 spiro atoms. The molecule has 1 rings (SSSR count). The lowest BCUT2D eigenvalue weighted by Crippen LogP contribution is -2.02. The van der Waals surface area contributed by atoms with Crippen LogP contribution in [0.2, 0.25) is 15.1 Å². The van der Waals surface area contributed by atoms with E-state index in [-0.39, 0.29) is 12.6 Å². The SMILES string of the molecule is CCC(=O)OCc1cc(Cl)c(Cl)cc1Cl. The molecule has 0 radical (unpaired) electrons. The van der Waals surface area contributed by atoms with Crippen LogP contribution in [-0.2, 0) is 16.1 Å². The normalized spacial score (nSPS) is 10.1. The standard InChI is InChI=1S/C10H9Cl3O2/c1-2-10(14)15-5-6-3-8(12)9(13)4-7(6)11/h3-4H,2,5H2,1H3. The molecule has 0 aromatic heterocycles. The topological polar surface area (TPSA) is 26.3 Å². The van der Waals surface area contributed by atoms with E-state index in [1.54, 1.807) is 13.0 Å². The third-order valence-electron chi connectivity index (χ3n) is 1.77. The number of rotatable bonds is 3. The van der Waals surface area contributed by atoms with Crippen LogP contribution in [0.1, 0.15) is 18.9 Å². The summed E-state index contributed by atoms with van der Waals surface area (Å²) >= 11 is 17.4. The number of ether oxygens (including phenoxy) is 1. The molecule has 0 aliphatic rings. The smallest absolute Gasteiger partial charge is 0.305 e. The lowest BCUT2D eigenvalue weighted by Gasteiger charge is -2.07. The van der Waals surface area contributed by atoms with Crippen LogP contribution in [-0.4, -0.2) is 5.97 Å². The van der Waals surface area contributed by atoms with E-state index in [2.05, 4.69) is 0 Å². The van der Waals surface area contributed by atoms with Crippen LogP contribution in [0.4, 0.5) is 0 Å². The van der Waals surface area contributed by atoms with Gasteiger partial charge in [-0.3, -0.25) is 4.79 Å². The van der Waals surface area contributed by atoms with Crippen molar-refractivity contribution in [2.24, 2.45) is 0 Å². The minimum atomic E-state index is -0.280. The molecule has 0 unspecified atom stereocenters. The fourth-order valence-corrected chi connectivity index (χ4v) is 1.56. The predicted octanol–water partition coefficient (Wildman–Crippen LogP) is 4.10. The summed E-state index contributed by atoms with van der Waals surface area (Å²) in [6.45, 7) is 1.83. The first-order chi connectivity index (χ1) is 7.04. The monoisotopic (exact) mass is 266 g/mol. The zero-order valence-electron chi connectivity index (χ0n) is 8.02. The molecule has 0 amide bonds. The summed E-state index contributed by atoms with van der Waals surface area (Å²) in [5, 5.41) is 1.21. The first-order valence-electron chi connectivity index (χ1n) is 4.33. The van der Waals surface area contributed by atoms with Crippen molar-refractivity contribution in [3.05, 3.63) is 32.8 Å². The van der Waals surface area contributed by atoms with Crippen molar-refractivity contribution < 1.29 is 9.53 Å². The summed E-state index contributed by atoms with van der Waals surface area (Å²) in [5.74, 6) is -0.280. The average molecular weight is 268 g/mol. The second-order valence-electron chi connectivity index (χ2n) is 2.87. The molecule has 0 saturated heterocycles. The first-order valence-corrected chi connectivity index (χ1v) is 5.47. The van der Waals surface area contributed by atoms with Gasteiger partial charge in [-0.1, -0.05) is 41.7 Å². The lowest BCUT2D eigenvalue weighted by molar-refractivity contribution is -0.144. The molecule has 1 aromatic carbocycles. The van der Waals surface area contributed by atoms with Gasteiger partial charge in [-0.2, -0.15) is 0 Å². The molecular formula is C10H9Cl3O2. The number of hydrogen-bond acceptors (Lipinski definition) is 2. The second kappa shape index (κ2) is 5.59. The van der Waals surface area contributed by atoms with Crippen LogP contribution in [0.3, 0.4) is 0 Å². The maximum Gasteiger partial charge on any atom is 0.305 e. The molecule has 2 nitrogen and oxygen atoms in total. The minimum absolute atomic E-state index is 0.113. The number of hydrogen-bond donors (Lipinski definition) is 0. The highest BCUT2D eigenvalue weighted by Crippen LogP contribution is 2.29. The summed E-state index contributed by atoms with van der Waals surface area (Å²) in [5.41, 5.74) is 0.646. The summed E-state index contributed by atoms with van der Waals surface area (Å²) in [6.07, 6.45) is 0.332. The van der Waals surface area contributed by atoms with Gasteiger partial charge >= 0.3 is 5.97 Å². The van der Waals surface area contributed by atoms with Crippen LogP contribution >= 0.6 is 34.8 Å². The van der Waals surface area contributed by atoms with Crippen molar-refractivity contribution in [2.75, 3.05) is 0 Å². The van der Waals surface area contributed by atoms with Gasteiger partial charge in [-0.25, -0.2) is 0 Å². The van der Waals surface area contributed by atoms with Crippen molar-refractivity contribution >= 4 is 40.8 Å². The van der Waals surface area contributed by atoms with Crippen LogP contribution in [0.5, 0.6) is 0 Å². The van der Waals surface area contributed by atoms with E-state index in [1.807, 2.05) is 0 Å². The molecule has 0 atom stereocenters. The third kappa shape index (κ3) is 3.56. The number of carbonyl (C=O) groups excluding carboxylic acids is 1. The van der Waals surface area contributed by atoms with E-state index in [0.29, 0.717) is 27.1 Å². The van der Waals surface area contributed by atoms with Crippen molar-refractivity contribution in [3.8, 4) is 0 Å². The van der Waals surface area contributed by atoms with Crippen molar-refractivity contribution in [3.63, 3.8) is 0 Å². The zero-order chi connectivity index (χ0) is 11.4. The van der Waals surface area contributed by atoms with Crippen LogP contribution < -0.4 is 0 Å². The Bertz CT molecular complexity index is 377. The van der Waals surface area contributed by atoms with Gasteiger partial charge in [0.15, 0.2) is 0 Å². The Morgan fingerprint density at radius 2 is 1.80 bits per heavy atom. The number of benzene rings is 1. The van der Waals surface area contributed by atoms with E-state index < -0.39 is 0 Å². The summed E-state index contributed by atoms with van der Waals surface area (Å²) in [7, 11) is 0. The van der Waals surface area contributed by atoms with Gasteiger partial charge in [-0.15, -0.1) is 0 Å². The molecule has 0 N–H and O–H groups in total. The van der Waals surface area contributed by atoms with Crippen LogP contribution in [0.25, 0.3) is 0 Å². The first kappa shape index (κ1) is 12.6. The largest absolute Gasteiger partial charge is 0.461 e. The quantitative estimate of drug-likeness (QED) is 0.609. The molecule has 0 saturated carbocycles. The molecule has 15 heavy (non-hydrogen) atoms. The molecule has 0 aliphatic heterocycles. The second-order valence-corrected chi connectivity index (χ2v) is 4.09. The highest BCUT2D eigenvalue weighted by atomic mass is 35.5. The van der Waals surface area contributed by atoms with Crippen LogP contribution in [0, 0.1) is 0 Å². The van der Waals surface area contributed by atoms with Gasteiger partial charge in [-0.05, 0) is 12.1 Å². The Labute approximate surface area is 103 Å². The molecule has 0 aliphatic carbocycles. The summed E-state index contributed by atoms with van der Waals surface area (Å²) in [4.78, 5) is 10.9. The van der Waals surface area contributed by atoms with Gasteiger partial charge in [0.2, 0.25) is 0 Å². The Hall–Kier alpha value is -0.440. The number of esters is 1. The fraction of sp³-hybridized carbons (Fsp3) is 0.300. The third-order valence-corrected chi connectivity index (χ3v) is 2.84. The van der Waals surface area contributed by atoms with Gasteiger partial charge in [0.1, 0.15) is 6.61 Å². The highest BCUT2D eigenvalue weighted by molar-refractivity contribution is 6.43. The van der Waals surface area contributed by atoms with Gasteiger partial charge in [0.25, 0.3) is 0 Å². The molecule has 0 bridgehead atoms. The number of carbonyl (C=O) groups is 1. The van der Waals surface area contributed by atoms with E-state index in [4.69, 9.17) is 39.5 Å². The van der Waals surface area contributed by atoms with Crippen molar-refractivity contribution in [1.29, 1.82) is 0 Å². The van der Waals surface area contributed by atoms with Gasteiger partial charge in [0, 0.05) is 17.0 Å². The van der Waals surface area contributed by atoms with Gasteiger partial charge < -0.3 is 4.74 Å². The average Bonchev–Trinajstić information content (AvgIpc) is 2.21. The fourth-order valence-electron chi connectivity index (χ4n) is 0.935. The Morgan fingerprint density at radius 1 is 1.20 bits per heavy atom. The predicted molar refractivity (Wildman–Crippen MR) is 61.6 cm³/mol. The summed E-state index contributed by atoms with van der Waals surface area (Å²) < 4.78 is 4.93. The molecule has 1 aromatic rings. The maximum atomic E-state index is 10.9. The Balaban J connectivity index is 2.77. The van der Waals surface area contributed by atoms with E-state index >= 15 is 0 Å². The van der Waals surface area contributed by atoms with Gasteiger partial charge in [0.05, 0.1) is 10.0 Å². The molecule has 82 valence electrons. The molecule has 0 fully saturated rings. The minimum Gasteiger partial charge on any atom is -0.461 e.